The van der Waals surface area contributed by atoms with Crippen LogP contribution in [-0.2, 0) is 33.9 Å². The third-order valence-corrected chi connectivity index (χ3v) is 17.3. The molecule has 2 aromatic heterocycles. The second-order valence-corrected chi connectivity index (χ2v) is 21.6. The molecule has 2 unspecified atom stereocenters. The number of H-pyrrole nitrogens is 1. The van der Waals surface area contributed by atoms with Crippen LogP contribution in [0.4, 0.5) is 5.95 Å². The van der Waals surface area contributed by atoms with Crippen molar-refractivity contribution in [3.8, 4) is 11.5 Å². The summed E-state index contributed by atoms with van der Waals surface area (Å²) < 4.78 is 49.6. The second kappa shape index (κ2) is 24.3. The Bertz CT molecular complexity index is 2640. The second-order valence-electron chi connectivity index (χ2n) is 16.9. The summed E-state index contributed by atoms with van der Waals surface area (Å²) in [5.41, 5.74) is 1.70. The number of ether oxygens (including phenoxy) is 6. The highest BCUT2D eigenvalue weighted by atomic mass is 32.7. The molecule has 4 heterocycles. The number of hydrogen-bond acceptors (Lipinski definition) is 15. The molecule has 5 atom stereocenters. The average molecular weight is 1010 g/mol. The lowest BCUT2D eigenvalue weighted by Gasteiger charge is -2.38. The summed E-state index contributed by atoms with van der Waals surface area (Å²) in [5.74, 6) is 1.90. The van der Waals surface area contributed by atoms with E-state index in [1.807, 2.05) is 109 Å². The molecule has 19 heteroatoms. The van der Waals surface area contributed by atoms with Gasteiger partial charge in [0, 0.05) is 43.2 Å². The van der Waals surface area contributed by atoms with Crippen LogP contribution >= 0.6 is 30.6 Å². The van der Waals surface area contributed by atoms with Crippen molar-refractivity contribution in [2.75, 3.05) is 71.1 Å². The van der Waals surface area contributed by atoms with Crippen molar-refractivity contribution in [2.24, 2.45) is 5.92 Å². The lowest BCUT2D eigenvalue weighted by atomic mass is 9.80. The Labute approximate surface area is 417 Å². The molecule has 0 spiro atoms. The lowest BCUT2D eigenvalue weighted by molar-refractivity contribution is -0.118. The predicted molar refractivity (Wildman–Crippen MR) is 274 cm³/mol. The first-order valence-electron chi connectivity index (χ1n) is 23.2. The number of amides is 1. The van der Waals surface area contributed by atoms with Crippen LogP contribution in [0.2, 0.25) is 0 Å². The first-order chi connectivity index (χ1) is 34.1. The summed E-state index contributed by atoms with van der Waals surface area (Å²) >= 11 is 2.98. The number of aromatic amines is 1. The monoisotopic (exact) mass is 1010 g/mol. The number of imidazole rings is 1. The topological polar surface area (TPSA) is 178 Å². The summed E-state index contributed by atoms with van der Waals surface area (Å²) in [6.45, 7) is 5.64. The van der Waals surface area contributed by atoms with Gasteiger partial charge >= 0.3 is 0 Å². The minimum Gasteiger partial charge on any atom is -0.497 e. The standard InChI is InChI=1S/C51H59N6O10PS2/c1-34(2)46(58)54-50-53-45-42(47(59)55-50)52-33-57(45)48-44(64-29-28-61-3)43(67-68(56-26-12-13-27-56)70-31-30-69-49(60)35-14-8-6-9-15-35)41(66-48)32-65-51(36-16-10-7-11-17-36,37-18-22-39(62-4)23-19-37)38-20-24-40(63-5)25-21-38/h6-11,14-25,33-34,41,43-44,48H,12-13,26-32H2,1-5H3,(H2,53,54,55,58,59)/t41-,43+,44?,48-,68?/m1/s1. The summed E-state index contributed by atoms with van der Waals surface area (Å²) in [6.07, 6.45) is 0.226. The van der Waals surface area contributed by atoms with Gasteiger partial charge in [0.15, 0.2) is 24.9 Å². The van der Waals surface area contributed by atoms with Crippen molar-refractivity contribution < 1.29 is 42.5 Å². The van der Waals surface area contributed by atoms with Crippen LogP contribution in [0.5, 0.6) is 11.5 Å². The van der Waals surface area contributed by atoms with Crippen molar-refractivity contribution in [3.05, 3.63) is 148 Å². The number of thioether (sulfide) groups is 1. The Hall–Kier alpha value is -5.14. The molecule has 0 saturated carbocycles. The van der Waals surface area contributed by atoms with E-state index >= 15 is 0 Å². The lowest BCUT2D eigenvalue weighted by Crippen LogP contribution is -2.41. The molecule has 2 fully saturated rings. The first-order valence-corrected chi connectivity index (χ1v) is 27.0. The molecule has 4 aromatic carbocycles. The highest BCUT2D eigenvalue weighted by molar-refractivity contribution is 8.53. The van der Waals surface area contributed by atoms with Gasteiger partial charge in [-0.15, -0.1) is 0 Å². The number of nitrogens with zero attached hydrogens (tertiary/aromatic N) is 4. The molecule has 2 aliphatic rings. The number of benzene rings is 4. The Morgan fingerprint density at radius 2 is 1.47 bits per heavy atom. The molecular weight excluding hydrogens is 952 g/mol. The van der Waals surface area contributed by atoms with Gasteiger partial charge in [0.1, 0.15) is 35.4 Å². The molecule has 0 radical (unpaired) electrons. The number of fused-ring (bicyclic) bond motifs is 1. The minimum atomic E-state index is -1.34. The molecule has 1 amide bonds. The largest absolute Gasteiger partial charge is 0.497 e. The van der Waals surface area contributed by atoms with E-state index in [2.05, 4.69) is 20.0 Å². The molecule has 2 N–H and O–H groups in total. The average Bonchev–Trinajstić information content (AvgIpc) is 4.16. The van der Waals surface area contributed by atoms with E-state index < -0.39 is 43.2 Å². The maximum atomic E-state index is 13.5. The van der Waals surface area contributed by atoms with Crippen molar-refractivity contribution in [1.29, 1.82) is 0 Å². The molecule has 8 rings (SSSR count). The van der Waals surface area contributed by atoms with Gasteiger partial charge in [-0.05, 0) is 53.8 Å². The fourth-order valence-corrected chi connectivity index (χ4v) is 13.7. The van der Waals surface area contributed by atoms with Crippen LogP contribution < -0.4 is 20.3 Å². The minimum absolute atomic E-state index is 0.0101. The van der Waals surface area contributed by atoms with Gasteiger partial charge in [-0.1, -0.05) is 122 Å². The van der Waals surface area contributed by atoms with Gasteiger partial charge in [0.05, 0.1) is 40.4 Å². The molecule has 2 aliphatic heterocycles. The summed E-state index contributed by atoms with van der Waals surface area (Å²) in [5, 5.41) is 2.74. The van der Waals surface area contributed by atoms with Crippen molar-refractivity contribution in [1.82, 2.24) is 24.2 Å². The number of carbonyl (C=O) groups excluding carboxylic acids is 2. The fourth-order valence-electron chi connectivity index (χ4n) is 8.41. The highest BCUT2D eigenvalue weighted by Gasteiger charge is 2.51. The van der Waals surface area contributed by atoms with E-state index in [-0.39, 0.29) is 53.9 Å². The molecule has 0 aliphatic carbocycles. The first kappa shape index (κ1) is 51.2. The number of hydrogen-bond donors (Lipinski definition) is 2. The zero-order valence-corrected chi connectivity index (χ0v) is 42.4. The highest BCUT2D eigenvalue weighted by Crippen LogP contribution is 2.58. The number of aromatic nitrogens is 4. The van der Waals surface area contributed by atoms with Crippen LogP contribution in [0, 0.1) is 5.92 Å². The van der Waals surface area contributed by atoms with Crippen LogP contribution in [0.15, 0.2) is 120 Å². The maximum absolute atomic E-state index is 13.5. The number of anilines is 1. The molecular formula is C51H59N6O10PS2. The van der Waals surface area contributed by atoms with E-state index in [4.69, 9.17) is 37.9 Å². The number of methoxy groups -OCH3 is 3. The van der Waals surface area contributed by atoms with Crippen molar-refractivity contribution in [3.63, 3.8) is 0 Å². The van der Waals surface area contributed by atoms with E-state index in [0.717, 1.165) is 42.6 Å². The SMILES string of the molecule is COCCOC1[C@@H](OP(SCCSC(=O)c2ccccc2)N2CCCC2)[C@@H](COC(c2ccccc2)(c2ccc(OC)cc2)c2ccc(OC)cc2)O[C@H]1n1cnc2c(=O)[nH]c(NC(=O)C(C)C)nc21. The normalized spacial score (nSPS) is 18.9. The molecule has 6 aromatic rings. The number of nitrogens with one attached hydrogen (secondary N) is 2. The molecule has 2 saturated heterocycles. The van der Waals surface area contributed by atoms with E-state index in [9.17, 15) is 14.4 Å². The summed E-state index contributed by atoms with van der Waals surface area (Å²) in [6, 6.07) is 35.0. The number of carbonyl (C=O) groups is 2. The molecule has 70 heavy (non-hydrogen) atoms. The van der Waals surface area contributed by atoms with Crippen molar-refractivity contribution >= 4 is 58.8 Å². The third-order valence-electron chi connectivity index (χ3n) is 12.0. The third kappa shape index (κ3) is 11.8. The van der Waals surface area contributed by atoms with Crippen LogP contribution in [-0.4, -0.2) is 119 Å². The van der Waals surface area contributed by atoms with Crippen LogP contribution in [0.25, 0.3) is 11.2 Å². The Balaban J connectivity index is 1.21. The van der Waals surface area contributed by atoms with Crippen molar-refractivity contribution in [2.45, 2.75) is 56.8 Å². The molecule has 370 valence electrons. The Morgan fingerprint density at radius 1 is 0.843 bits per heavy atom. The fraction of sp³-hybridized carbons (Fsp3) is 0.392. The summed E-state index contributed by atoms with van der Waals surface area (Å²) in [4.78, 5) is 51.3. The molecule has 0 bridgehead atoms. The van der Waals surface area contributed by atoms with Gasteiger partial charge in [-0.3, -0.25) is 33.9 Å². The number of rotatable bonds is 23. The van der Waals surface area contributed by atoms with Gasteiger partial charge in [-0.2, -0.15) is 4.98 Å². The van der Waals surface area contributed by atoms with E-state index in [1.165, 1.54) is 18.1 Å². The summed E-state index contributed by atoms with van der Waals surface area (Å²) in [7, 11) is 3.53. The Morgan fingerprint density at radius 3 is 2.09 bits per heavy atom. The van der Waals surface area contributed by atoms with Gasteiger partial charge in [0.2, 0.25) is 17.0 Å². The smallest absolute Gasteiger partial charge is 0.280 e. The zero-order valence-electron chi connectivity index (χ0n) is 39.9. The predicted octanol–water partition coefficient (Wildman–Crippen LogP) is 8.68. The van der Waals surface area contributed by atoms with Gasteiger partial charge in [0.25, 0.3) is 5.56 Å². The molecule has 16 nitrogen and oxygen atoms in total. The van der Waals surface area contributed by atoms with Crippen LogP contribution in [0.3, 0.4) is 0 Å². The maximum Gasteiger partial charge on any atom is 0.280 e. The van der Waals surface area contributed by atoms with Gasteiger partial charge < -0.3 is 32.9 Å². The van der Waals surface area contributed by atoms with Gasteiger partial charge in [-0.25, -0.2) is 4.98 Å². The quantitative estimate of drug-likeness (QED) is 0.0354. The van der Waals surface area contributed by atoms with E-state index in [1.54, 1.807) is 51.1 Å². The Kier molecular flexibility index (Phi) is 17.8. The van der Waals surface area contributed by atoms with E-state index in [0.29, 0.717) is 28.6 Å². The zero-order chi connectivity index (χ0) is 49.0. The van der Waals surface area contributed by atoms with Crippen LogP contribution in [0.1, 0.15) is 60.0 Å².